The molecule has 0 bridgehead atoms. The summed E-state index contributed by atoms with van der Waals surface area (Å²) >= 11 is 0. The summed E-state index contributed by atoms with van der Waals surface area (Å²) < 4.78 is 0. The van der Waals surface area contributed by atoms with Gasteiger partial charge in [0.1, 0.15) is 0 Å². The fourth-order valence-corrected chi connectivity index (χ4v) is 0.955. The van der Waals surface area contributed by atoms with Gasteiger partial charge in [-0.15, -0.1) is 6.58 Å². The van der Waals surface area contributed by atoms with Crippen LogP contribution in [0.1, 0.15) is 39.5 Å². The number of hydrogen-bond acceptors (Lipinski definition) is 0. The highest BCUT2D eigenvalue weighted by atomic mass is 14.0. The van der Waals surface area contributed by atoms with Gasteiger partial charge < -0.3 is 0 Å². The third-order valence-electron chi connectivity index (χ3n) is 1.79. The summed E-state index contributed by atoms with van der Waals surface area (Å²) in [6.07, 6.45) is 7.32. The topological polar surface area (TPSA) is 0 Å². The molecule has 0 aromatic carbocycles. The van der Waals surface area contributed by atoms with Crippen molar-refractivity contribution in [2.45, 2.75) is 39.5 Å². The van der Waals surface area contributed by atoms with Gasteiger partial charge in [0.15, 0.2) is 0 Å². The lowest BCUT2D eigenvalue weighted by atomic mass is 10.00. The van der Waals surface area contributed by atoms with Crippen molar-refractivity contribution < 1.29 is 0 Å². The van der Waals surface area contributed by atoms with Crippen LogP contribution in [0, 0.1) is 5.92 Å². The van der Waals surface area contributed by atoms with E-state index < -0.39 is 0 Å². The van der Waals surface area contributed by atoms with Crippen LogP contribution < -0.4 is 0 Å². The zero-order valence-corrected chi connectivity index (χ0v) is 6.69. The molecule has 1 atom stereocenters. The van der Waals surface area contributed by atoms with Gasteiger partial charge in [0.05, 0.1) is 0 Å². The first-order valence-electron chi connectivity index (χ1n) is 3.97. The van der Waals surface area contributed by atoms with Gasteiger partial charge in [-0.05, 0) is 18.8 Å². The summed E-state index contributed by atoms with van der Waals surface area (Å²) in [6, 6.07) is 0. The third kappa shape index (κ3) is 4.26. The molecule has 0 spiro atoms. The van der Waals surface area contributed by atoms with Crippen molar-refractivity contribution >= 4 is 0 Å². The number of allylic oxidation sites excluding steroid dienone is 1. The molecule has 0 aliphatic rings. The maximum Gasteiger partial charge on any atom is -0.0239 e. The Morgan fingerprint density at radius 1 is 1.44 bits per heavy atom. The van der Waals surface area contributed by atoms with Gasteiger partial charge in [-0.2, -0.15) is 0 Å². The summed E-state index contributed by atoms with van der Waals surface area (Å²) in [4.78, 5) is 0. The highest BCUT2D eigenvalue weighted by molar-refractivity contribution is 4.76. The molecule has 0 N–H and O–H groups in total. The Hall–Kier alpha value is -0.260. The minimum absolute atomic E-state index is 0.768. The maximum absolute atomic E-state index is 3.78. The molecule has 0 saturated carbocycles. The van der Waals surface area contributed by atoms with Gasteiger partial charge in [-0.3, -0.25) is 0 Å². The average Bonchev–Trinajstić information content (AvgIpc) is 1.91. The van der Waals surface area contributed by atoms with E-state index in [1.807, 2.05) is 0 Å². The van der Waals surface area contributed by atoms with Crippen molar-refractivity contribution in [2.24, 2.45) is 5.92 Å². The van der Waals surface area contributed by atoms with Gasteiger partial charge in [0.2, 0.25) is 0 Å². The Labute approximate surface area is 59.0 Å². The van der Waals surface area contributed by atoms with Crippen LogP contribution in [0.4, 0.5) is 0 Å². The molecule has 0 unspecified atom stereocenters. The van der Waals surface area contributed by atoms with E-state index in [9.17, 15) is 0 Å². The number of unbranched alkanes of at least 4 members (excludes halogenated alkanes) is 1. The molecule has 0 aromatic rings. The second kappa shape index (κ2) is 5.87. The van der Waals surface area contributed by atoms with Crippen molar-refractivity contribution in [3.8, 4) is 0 Å². The van der Waals surface area contributed by atoms with E-state index in [1.54, 1.807) is 0 Å². The Morgan fingerprint density at radius 3 is 2.44 bits per heavy atom. The van der Waals surface area contributed by atoms with Gasteiger partial charge in [-0.25, -0.2) is 0 Å². The first-order valence-corrected chi connectivity index (χ1v) is 3.97. The Bertz CT molecular complexity index is 64.4. The third-order valence-corrected chi connectivity index (χ3v) is 1.79. The normalized spacial score (nSPS) is 13.1. The predicted molar refractivity (Wildman–Crippen MR) is 43.5 cm³/mol. The molecule has 9 heavy (non-hydrogen) atoms. The van der Waals surface area contributed by atoms with Gasteiger partial charge in [0, 0.05) is 0 Å². The summed E-state index contributed by atoms with van der Waals surface area (Å²) in [5.74, 6) is 0.768. The fourth-order valence-electron chi connectivity index (χ4n) is 0.955. The van der Waals surface area contributed by atoms with Crippen LogP contribution in [0.2, 0.25) is 0 Å². The molecule has 0 nitrogen and oxygen atoms in total. The summed E-state index contributed by atoms with van der Waals surface area (Å²) in [6.45, 7) is 8.24. The summed E-state index contributed by atoms with van der Waals surface area (Å²) in [5.41, 5.74) is 0. The van der Waals surface area contributed by atoms with Crippen LogP contribution in [-0.4, -0.2) is 0 Å². The van der Waals surface area contributed by atoms with Crippen molar-refractivity contribution in [3.05, 3.63) is 12.7 Å². The molecule has 0 fully saturated rings. The van der Waals surface area contributed by atoms with Crippen molar-refractivity contribution in [1.29, 1.82) is 0 Å². The van der Waals surface area contributed by atoms with Crippen LogP contribution in [0.5, 0.6) is 0 Å². The number of hydrogen-bond donors (Lipinski definition) is 0. The Balaban J connectivity index is 3.20. The first-order chi connectivity index (χ1) is 4.35. The van der Waals surface area contributed by atoms with E-state index in [-0.39, 0.29) is 0 Å². The minimum atomic E-state index is 0.768. The van der Waals surface area contributed by atoms with Gasteiger partial charge in [0.25, 0.3) is 0 Å². The molecule has 0 saturated heterocycles. The fraction of sp³-hybridized carbons (Fsp3) is 0.778. The quantitative estimate of drug-likeness (QED) is 0.495. The highest BCUT2D eigenvalue weighted by Gasteiger charge is 1.97. The lowest BCUT2D eigenvalue weighted by molar-refractivity contribution is 0.541. The Kier molecular flexibility index (Phi) is 5.70. The largest absolute Gasteiger partial charge is 0.103 e. The van der Waals surface area contributed by atoms with Crippen LogP contribution in [-0.2, 0) is 0 Å². The molecule has 0 radical (unpaired) electrons. The maximum atomic E-state index is 3.78. The smallest absolute Gasteiger partial charge is 0.0239 e. The average molecular weight is 126 g/mol. The highest BCUT2D eigenvalue weighted by Crippen LogP contribution is 2.12. The van der Waals surface area contributed by atoms with E-state index in [0.717, 1.165) is 5.92 Å². The van der Waals surface area contributed by atoms with Crippen molar-refractivity contribution in [1.82, 2.24) is 0 Å². The van der Waals surface area contributed by atoms with Crippen LogP contribution in [0.3, 0.4) is 0 Å². The van der Waals surface area contributed by atoms with E-state index >= 15 is 0 Å². The summed E-state index contributed by atoms with van der Waals surface area (Å²) in [7, 11) is 0. The molecular formula is C9H18. The van der Waals surface area contributed by atoms with Gasteiger partial charge >= 0.3 is 0 Å². The SMILES string of the molecule is C=C[C@H](CC)CCCC. The molecular weight excluding hydrogens is 108 g/mol. The molecule has 0 heteroatoms. The van der Waals surface area contributed by atoms with E-state index in [4.69, 9.17) is 0 Å². The molecule has 0 heterocycles. The molecule has 54 valence electrons. The molecule has 0 aliphatic carbocycles. The van der Waals surface area contributed by atoms with Crippen LogP contribution >= 0.6 is 0 Å². The van der Waals surface area contributed by atoms with E-state index in [0.29, 0.717) is 0 Å². The molecule has 0 amide bonds. The van der Waals surface area contributed by atoms with Crippen molar-refractivity contribution in [2.75, 3.05) is 0 Å². The lowest BCUT2D eigenvalue weighted by Gasteiger charge is -2.06. The molecule has 0 rings (SSSR count). The van der Waals surface area contributed by atoms with E-state index in [1.165, 1.54) is 25.7 Å². The van der Waals surface area contributed by atoms with E-state index in [2.05, 4.69) is 26.5 Å². The summed E-state index contributed by atoms with van der Waals surface area (Å²) in [5, 5.41) is 0. The second-order valence-electron chi connectivity index (χ2n) is 2.55. The predicted octanol–water partition coefficient (Wildman–Crippen LogP) is 3.39. The second-order valence-corrected chi connectivity index (χ2v) is 2.55. The number of rotatable bonds is 5. The van der Waals surface area contributed by atoms with Crippen LogP contribution in [0.15, 0.2) is 12.7 Å². The first kappa shape index (κ1) is 8.74. The standard InChI is InChI=1S/C9H18/c1-4-7-8-9(5-2)6-3/h5,9H,2,4,6-8H2,1,3H3/t9-/m1/s1. The molecule has 0 aromatic heterocycles. The monoisotopic (exact) mass is 126 g/mol. The zero-order valence-electron chi connectivity index (χ0n) is 6.69. The van der Waals surface area contributed by atoms with Crippen LogP contribution in [0.25, 0.3) is 0 Å². The van der Waals surface area contributed by atoms with Gasteiger partial charge in [-0.1, -0.05) is 32.8 Å². The Morgan fingerprint density at radius 2 is 2.11 bits per heavy atom. The minimum Gasteiger partial charge on any atom is -0.103 e. The van der Waals surface area contributed by atoms with Crippen molar-refractivity contribution in [3.63, 3.8) is 0 Å². The molecule has 0 aliphatic heterocycles. The zero-order chi connectivity index (χ0) is 7.11. The lowest BCUT2D eigenvalue weighted by Crippen LogP contribution is -1.92.